The van der Waals surface area contributed by atoms with Crippen molar-refractivity contribution in [2.75, 3.05) is 19.8 Å². The van der Waals surface area contributed by atoms with Crippen LogP contribution in [0.4, 0.5) is 0 Å². The molecule has 12 heteroatoms. The number of nitrogens with zero attached hydrogens (tertiary/aromatic N) is 1. The van der Waals surface area contributed by atoms with Crippen LogP contribution in [-0.4, -0.2) is 131 Å². The second-order valence-electron chi connectivity index (χ2n) is 11.7. The molecule has 12 nitrogen and oxygen atoms in total. The van der Waals surface area contributed by atoms with Crippen LogP contribution in [0.3, 0.4) is 0 Å². The van der Waals surface area contributed by atoms with Gasteiger partial charge in [-0.05, 0) is 48.7 Å². The van der Waals surface area contributed by atoms with Crippen LogP contribution in [0.1, 0.15) is 24.5 Å². The van der Waals surface area contributed by atoms with Crippen LogP contribution >= 0.6 is 0 Å². The highest BCUT2D eigenvalue weighted by molar-refractivity contribution is 6.09. The molecule has 3 aromatic rings. The number of hydrogen-bond donors (Lipinski definition) is 9. The normalized spacial score (nSPS) is 32.5. The van der Waals surface area contributed by atoms with E-state index in [1.807, 2.05) is 36.4 Å². The van der Waals surface area contributed by atoms with Crippen molar-refractivity contribution in [2.24, 2.45) is 5.92 Å². The average molecular weight is 626 g/mol. The molecule has 9 N–H and O–H groups in total. The SMILES string of the molecule is CC(CCO)Cn1c2ccc(C#C[C@H]3O[C@H](CO)[C@@H](O)[C@H](O)[C@@H]3O)cc2c2cc(C#C[C@H]3O[C@H](CO)[C@@H](O)[C@H](O)[C@@H]3O)ccc21. The third kappa shape index (κ3) is 6.74. The first-order valence-electron chi connectivity index (χ1n) is 14.9. The van der Waals surface area contributed by atoms with Crippen LogP contribution in [0.5, 0.6) is 0 Å². The Morgan fingerprint density at radius 3 is 1.51 bits per heavy atom. The highest BCUT2D eigenvalue weighted by Gasteiger charge is 2.43. The number of rotatable bonds is 6. The van der Waals surface area contributed by atoms with Crippen LogP contribution < -0.4 is 0 Å². The molecule has 0 radical (unpaired) electrons. The minimum absolute atomic E-state index is 0.0632. The fourth-order valence-electron chi connectivity index (χ4n) is 5.83. The van der Waals surface area contributed by atoms with Crippen molar-refractivity contribution >= 4 is 21.8 Å². The maximum absolute atomic E-state index is 10.4. The summed E-state index contributed by atoms with van der Waals surface area (Å²) in [5, 5.41) is 91.2. The molecule has 2 fully saturated rings. The molecule has 2 aromatic carbocycles. The van der Waals surface area contributed by atoms with Gasteiger partial charge in [-0.2, -0.15) is 0 Å². The molecule has 45 heavy (non-hydrogen) atoms. The molecule has 5 rings (SSSR count). The van der Waals surface area contributed by atoms with Crippen LogP contribution in [0.15, 0.2) is 36.4 Å². The molecule has 1 unspecified atom stereocenters. The first-order valence-corrected chi connectivity index (χ1v) is 14.9. The number of benzene rings is 2. The van der Waals surface area contributed by atoms with Gasteiger partial charge in [0, 0.05) is 46.1 Å². The molecular formula is C33H39NO11. The van der Waals surface area contributed by atoms with Crippen LogP contribution in [0, 0.1) is 29.6 Å². The predicted molar refractivity (Wildman–Crippen MR) is 162 cm³/mol. The lowest BCUT2D eigenvalue weighted by Gasteiger charge is -2.37. The quantitative estimate of drug-likeness (QED) is 0.140. The Morgan fingerprint density at radius 1 is 0.667 bits per heavy atom. The summed E-state index contributed by atoms with van der Waals surface area (Å²) < 4.78 is 13.2. The van der Waals surface area contributed by atoms with Crippen molar-refractivity contribution in [1.29, 1.82) is 0 Å². The van der Waals surface area contributed by atoms with Crippen LogP contribution in [0.2, 0.25) is 0 Å². The Hall–Kier alpha value is -3.08. The Morgan fingerprint density at radius 2 is 1.11 bits per heavy atom. The molecule has 11 atom stereocenters. The zero-order chi connectivity index (χ0) is 32.4. The molecule has 3 heterocycles. The van der Waals surface area contributed by atoms with Gasteiger partial charge in [0.1, 0.15) is 61.0 Å². The summed E-state index contributed by atoms with van der Waals surface area (Å²) >= 11 is 0. The summed E-state index contributed by atoms with van der Waals surface area (Å²) in [7, 11) is 0. The Bertz CT molecular complexity index is 1500. The van der Waals surface area contributed by atoms with Gasteiger partial charge < -0.3 is 60.0 Å². The van der Waals surface area contributed by atoms with Crippen molar-refractivity contribution in [3.63, 3.8) is 0 Å². The molecule has 0 aliphatic carbocycles. The Kier molecular flexibility index (Phi) is 10.5. The lowest BCUT2D eigenvalue weighted by molar-refractivity contribution is -0.214. The maximum Gasteiger partial charge on any atom is 0.147 e. The number of aliphatic hydroxyl groups is 9. The minimum atomic E-state index is -1.53. The summed E-state index contributed by atoms with van der Waals surface area (Å²) in [6.07, 6.45) is -12.7. The summed E-state index contributed by atoms with van der Waals surface area (Å²) in [6.45, 7) is 1.64. The fourth-order valence-corrected chi connectivity index (χ4v) is 5.83. The lowest BCUT2D eigenvalue weighted by Crippen LogP contribution is -2.58. The van der Waals surface area contributed by atoms with Crippen molar-refractivity contribution < 1.29 is 55.4 Å². The highest BCUT2D eigenvalue weighted by Crippen LogP contribution is 2.32. The fraction of sp³-hybridized carbons (Fsp3) is 0.515. The van der Waals surface area contributed by atoms with E-state index in [2.05, 4.69) is 35.2 Å². The first kappa shape index (κ1) is 33.3. The molecule has 2 aliphatic heterocycles. The maximum atomic E-state index is 10.4. The van der Waals surface area contributed by atoms with E-state index in [1.165, 1.54) is 0 Å². The summed E-state index contributed by atoms with van der Waals surface area (Å²) in [4.78, 5) is 0. The molecule has 2 aliphatic rings. The molecule has 242 valence electrons. The number of aromatic nitrogens is 1. The number of ether oxygens (including phenoxy) is 2. The molecule has 1 aromatic heterocycles. The highest BCUT2D eigenvalue weighted by atomic mass is 16.5. The second kappa shape index (κ2) is 14.1. The molecule has 0 amide bonds. The van der Waals surface area contributed by atoms with E-state index in [1.54, 1.807) is 0 Å². The predicted octanol–water partition coefficient (Wildman–Crippen LogP) is -1.80. The number of fused-ring (bicyclic) bond motifs is 3. The topological polar surface area (TPSA) is 205 Å². The van der Waals surface area contributed by atoms with E-state index >= 15 is 0 Å². The smallest absolute Gasteiger partial charge is 0.147 e. The summed E-state index contributed by atoms with van der Waals surface area (Å²) in [5.74, 6) is 11.7. The van der Waals surface area contributed by atoms with Gasteiger partial charge in [0.05, 0.1) is 13.2 Å². The van der Waals surface area contributed by atoms with Gasteiger partial charge in [-0.25, -0.2) is 0 Å². The standard InChI is InChI=1S/C33H39NO11/c1-17(10-11-35)14-34-22-6-2-18(4-8-24-28(38)32(42)30(40)26(15-36)44-24)12-20(22)21-13-19(3-7-23(21)34)5-9-25-29(39)33(43)31(41)27(16-37)45-25/h2-3,6-7,12-13,17,24-33,35-43H,10-11,14-16H2,1H3/t17?,24-,25-,26-,27-,28-,29-,30-,31-,32-,33-/m1/s1. The lowest BCUT2D eigenvalue weighted by atomic mass is 9.95. The van der Waals surface area contributed by atoms with E-state index in [-0.39, 0.29) is 12.5 Å². The Balaban J connectivity index is 1.52. The second-order valence-corrected chi connectivity index (χ2v) is 11.7. The summed E-state index contributed by atoms with van der Waals surface area (Å²) in [6, 6.07) is 11.2. The molecule has 0 bridgehead atoms. The third-order valence-electron chi connectivity index (χ3n) is 8.48. The molecule has 0 saturated carbocycles. The van der Waals surface area contributed by atoms with Crippen LogP contribution in [-0.2, 0) is 16.0 Å². The van der Waals surface area contributed by atoms with E-state index < -0.39 is 74.3 Å². The van der Waals surface area contributed by atoms with E-state index in [9.17, 15) is 46.0 Å². The third-order valence-corrected chi connectivity index (χ3v) is 8.48. The van der Waals surface area contributed by atoms with Gasteiger partial charge >= 0.3 is 0 Å². The van der Waals surface area contributed by atoms with Gasteiger partial charge in [0.2, 0.25) is 0 Å². The van der Waals surface area contributed by atoms with E-state index in [0.717, 1.165) is 21.8 Å². The van der Waals surface area contributed by atoms with Crippen molar-refractivity contribution in [1.82, 2.24) is 4.57 Å². The zero-order valence-corrected chi connectivity index (χ0v) is 24.6. The first-order chi connectivity index (χ1) is 21.6. The largest absolute Gasteiger partial charge is 0.396 e. The van der Waals surface area contributed by atoms with Crippen molar-refractivity contribution in [3.05, 3.63) is 47.5 Å². The van der Waals surface area contributed by atoms with Gasteiger partial charge in [-0.15, -0.1) is 0 Å². The van der Waals surface area contributed by atoms with Crippen LogP contribution in [0.25, 0.3) is 21.8 Å². The number of hydrogen-bond acceptors (Lipinski definition) is 11. The van der Waals surface area contributed by atoms with E-state index in [4.69, 9.17) is 9.47 Å². The number of aliphatic hydroxyl groups excluding tert-OH is 9. The Labute approximate surface area is 259 Å². The zero-order valence-electron chi connectivity index (χ0n) is 24.6. The molecular weight excluding hydrogens is 586 g/mol. The van der Waals surface area contributed by atoms with Crippen molar-refractivity contribution in [2.45, 2.75) is 80.9 Å². The monoisotopic (exact) mass is 625 g/mol. The van der Waals surface area contributed by atoms with Gasteiger partial charge in [-0.3, -0.25) is 0 Å². The minimum Gasteiger partial charge on any atom is -0.396 e. The van der Waals surface area contributed by atoms with Gasteiger partial charge in [-0.1, -0.05) is 30.6 Å². The van der Waals surface area contributed by atoms with Gasteiger partial charge in [0.25, 0.3) is 0 Å². The average Bonchev–Trinajstić information content (AvgIpc) is 3.33. The van der Waals surface area contributed by atoms with Gasteiger partial charge in [0.15, 0.2) is 0 Å². The van der Waals surface area contributed by atoms with Crippen molar-refractivity contribution in [3.8, 4) is 23.7 Å². The summed E-state index contributed by atoms with van der Waals surface area (Å²) in [5.41, 5.74) is 2.99. The molecule has 0 spiro atoms. The molecule has 2 saturated heterocycles. The van der Waals surface area contributed by atoms with E-state index in [0.29, 0.717) is 24.1 Å².